The van der Waals surface area contributed by atoms with Crippen molar-refractivity contribution < 1.29 is 9.53 Å². The summed E-state index contributed by atoms with van der Waals surface area (Å²) >= 11 is 0. The summed E-state index contributed by atoms with van der Waals surface area (Å²) in [4.78, 5) is 20.1. The first-order valence-electron chi connectivity index (χ1n) is 7.63. The lowest BCUT2D eigenvalue weighted by Gasteiger charge is -2.39. The first-order chi connectivity index (χ1) is 11.2. The topological polar surface area (TPSA) is 71.7 Å². The number of aromatic nitrogens is 1. The van der Waals surface area contributed by atoms with Crippen LogP contribution in [0, 0.1) is 0 Å². The molecule has 1 atom stereocenters. The molecule has 0 radical (unpaired) electrons. The number of nitrogens with zero attached hydrogens (tertiary/aromatic N) is 3. The van der Waals surface area contributed by atoms with Gasteiger partial charge in [-0.3, -0.25) is 0 Å². The smallest absolute Gasteiger partial charge is 0.410 e. The predicted molar refractivity (Wildman–Crippen MR) is 87.8 cm³/mol. The van der Waals surface area contributed by atoms with Gasteiger partial charge in [0.1, 0.15) is 12.4 Å². The van der Waals surface area contributed by atoms with Crippen LogP contribution in [0.5, 0.6) is 0 Å². The maximum Gasteiger partial charge on any atom is 0.410 e. The van der Waals surface area contributed by atoms with E-state index in [2.05, 4.69) is 4.98 Å². The molecule has 2 N–H and O–H groups in total. The summed E-state index contributed by atoms with van der Waals surface area (Å²) < 4.78 is 5.35. The highest BCUT2D eigenvalue weighted by Gasteiger charge is 2.28. The molecule has 1 aromatic heterocycles. The van der Waals surface area contributed by atoms with Crippen molar-refractivity contribution in [3.05, 3.63) is 60.3 Å². The summed E-state index contributed by atoms with van der Waals surface area (Å²) in [7, 11) is 0. The predicted octanol–water partition coefficient (Wildman–Crippen LogP) is 1.83. The molecule has 3 rings (SSSR count). The van der Waals surface area contributed by atoms with E-state index in [4.69, 9.17) is 10.5 Å². The Morgan fingerprint density at radius 3 is 2.65 bits per heavy atom. The highest BCUT2D eigenvalue weighted by atomic mass is 16.6. The molecule has 120 valence electrons. The molecule has 1 amide bonds. The zero-order valence-corrected chi connectivity index (χ0v) is 12.8. The number of hydrogen-bond donors (Lipinski definition) is 1. The van der Waals surface area contributed by atoms with Crippen molar-refractivity contribution in [2.24, 2.45) is 5.73 Å². The largest absolute Gasteiger partial charge is 0.445 e. The Bertz CT molecular complexity index is 636. The van der Waals surface area contributed by atoms with Crippen molar-refractivity contribution in [3.63, 3.8) is 0 Å². The Morgan fingerprint density at radius 1 is 1.17 bits per heavy atom. The molecule has 0 spiro atoms. The Balaban J connectivity index is 1.54. The molecule has 2 heterocycles. The lowest BCUT2D eigenvalue weighted by atomic mass is 10.2. The number of rotatable bonds is 3. The summed E-state index contributed by atoms with van der Waals surface area (Å²) in [6.07, 6.45) is 1.12. The van der Waals surface area contributed by atoms with E-state index in [0.717, 1.165) is 11.4 Å². The third-order valence-corrected chi connectivity index (χ3v) is 3.83. The standard InChI is InChI=1S/C17H20N4O2/c18-15-12-20(10-11-21(15)16-8-4-5-9-19-16)17(22)23-13-14-6-2-1-3-7-14/h1-9,15H,10-13,18H2. The van der Waals surface area contributed by atoms with Crippen LogP contribution in [0.4, 0.5) is 10.6 Å². The number of carbonyl (C=O) groups excluding carboxylic acids is 1. The van der Waals surface area contributed by atoms with E-state index in [-0.39, 0.29) is 18.9 Å². The van der Waals surface area contributed by atoms with Gasteiger partial charge in [0.2, 0.25) is 0 Å². The molecular weight excluding hydrogens is 292 g/mol. The minimum absolute atomic E-state index is 0.273. The fourth-order valence-corrected chi connectivity index (χ4v) is 2.59. The van der Waals surface area contributed by atoms with Gasteiger partial charge in [0.15, 0.2) is 0 Å². The third-order valence-electron chi connectivity index (χ3n) is 3.83. The molecule has 1 aliphatic rings. The van der Waals surface area contributed by atoms with Crippen LogP contribution < -0.4 is 10.6 Å². The van der Waals surface area contributed by atoms with Crippen LogP contribution in [0.25, 0.3) is 0 Å². The lowest BCUT2D eigenvalue weighted by molar-refractivity contribution is 0.0891. The Hall–Kier alpha value is -2.60. The molecule has 1 saturated heterocycles. The van der Waals surface area contributed by atoms with Crippen LogP contribution in [0.3, 0.4) is 0 Å². The number of anilines is 1. The second-order valence-corrected chi connectivity index (χ2v) is 5.43. The average Bonchev–Trinajstić information content (AvgIpc) is 2.61. The fraction of sp³-hybridized carbons (Fsp3) is 0.294. The van der Waals surface area contributed by atoms with Crippen molar-refractivity contribution in [1.82, 2.24) is 9.88 Å². The summed E-state index contributed by atoms with van der Waals surface area (Å²) in [5.41, 5.74) is 7.15. The number of piperazine rings is 1. The van der Waals surface area contributed by atoms with Gasteiger partial charge in [0.05, 0.1) is 12.7 Å². The zero-order chi connectivity index (χ0) is 16.1. The lowest BCUT2D eigenvalue weighted by Crippen LogP contribution is -2.59. The van der Waals surface area contributed by atoms with Gasteiger partial charge in [-0.1, -0.05) is 36.4 Å². The first-order valence-corrected chi connectivity index (χ1v) is 7.63. The van der Waals surface area contributed by atoms with Crippen molar-refractivity contribution >= 4 is 11.9 Å². The maximum atomic E-state index is 12.2. The number of ether oxygens (including phenoxy) is 1. The Labute approximate surface area is 135 Å². The minimum Gasteiger partial charge on any atom is -0.445 e. The van der Waals surface area contributed by atoms with Crippen LogP contribution >= 0.6 is 0 Å². The van der Waals surface area contributed by atoms with E-state index in [1.165, 1.54) is 0 Å². The SMILES string of the molecule is NC1CN(C(=O)OCc2ccccc2)CCN1c1ccccn1. The van der Waals surface area contributed by atoms with Gasteiger partial charge in [-0.2, -0.15) is 0 Å². The molecule has 0 aliphatic carbocycles. The van der Waals surface area contributed by atoms with E-state index >= 15 is 0 Å². The first kappa shape index (κ1) is 15.3. The van der Waals surface area contributed by atoms with E-state index in [0.29, 0.717) is 19.6 Å². The number of pyridine rings is 1. The van der Waals surface area contributed by atoms with Gasteiger partial charge < -0.3 is 20.3 Å². The van der Waals surface area contributed by atoms with Crippen LogP contribution in [-0.4, -0.2) is 41.8 Å². The molecule has 6 heteroatoms. The highest BCUT2D eigenvalue weighted by Crippen LogP contribution is 2.16. The molecule has 1 aromatic carbocycles. The van der Waals surface area contributed by atoms with E-state index in [1.807, 2.05) is 53.4 Å². The minimum atomic E-state index is -0.329. The second-order valence-electron chi connectivity index (χ2n) is 5.43. The normalized spacial score (nSPS) is 17.9. The molecule has 6 nitrogen and oxygen atoms in total. The highest BCUT2D eigenvalue weighted by molar-refractivity contribution is 5.68. The quantitative estimate of drug-likeness (QED) is 0.936. The number of hydrogen-bond acceptors (Lipinski definition) is 5. The maximum absolute atomic E-state index is 12.2. The Kier molecular flexibility index (Phi) is 4.73. The zero-order valence-electron chi connectivity index (χ0n) is 12.8. The summed E-state index contributed by atoms with van der Waals surface area (Å²) in [6.45, 7) is 1.90. The summed E-state index contributed by atoms with van der Waals surface area (Å²) in [5, 5.41) is 0. The molecule has 1 fully saturated rings. The number of nitrogens with two attached hydrogens (primary N) is 1. The molecule has 0 bridgehead atoms. The van der Waals surface area contributed by atoms with Gasteiger partial charge in [-0.15, -0.1) is 0 Å². The second kappa shape index (κ2) is 7.11. The molecule has 23 heavy (non-hydrogen) atoms. The number of amides is 1. The van der Waals surface area contributed by atoms with Crippen molar-refractivity contribution in [2.45, 2.75) is 12.8 Å². The van der Waals surface area contributed by atoms with Gasteiger partial charge in [0, 0.05) is 19.3 Å². The monoisotopic (exact) mass is 312 g/mol. The molecule has 2 aromatic rings. The van der Waals surface area contributed by atoms with Gasteiger partial charge in [-0.05, 0) is 17.7 Å². The third kappa shape index (κ3) is 3.78. The number of benzene rings is 1. The number of carbonyl (C=O) groups is 1. The van der Waals surface area contributed by atoms with E-state index in [1.54, 1.807) is 11.1 Å². The van der Waals surface area contributed by atoms with Crippen LogP contribution in [-0.2, 0) is 11.3 Å². The van der Waals surface area contributed by atoms with Crippen molar-refractivity contribution in [3.8, 4) is 0 Å². The average molecular weight is 312 g/mol. The molecule has 1 aliphatic heterocycles. The van der Waals surface area contributed by atoms with E-state index in [9.17, 15) is 4.79 Å². The van der Waals surface area contributed by atoms with Crippen LogP contribution in [0.15, 0.2) is 54.7 Å². The molecule has 0 saturated carbocycles. The Morgan fingerprint density at radius 2 is 1.96 bits per heavy atom. The van der Waals surface area contributed by atoms with Crippen LogP contribution in [0.2, 0.25) is 0 Å². The van der Waals surface area contributed by atoms with Crippen molar-refractivity contribution in [2.75, 3.05) is 24.5 Å². The van der Waals surface area contributed by atoms with Crippen LogP contribution in [0.1, 0.15) is 5.56 Å². The summed E-state index contributed by atoms with van der Waals surface area (Å²) in [6, 6.07) is 15.3. The molecule has 1 unspecified atom stereocenters. The van der Waals surface area contributed by atoms with E-state index < -0.39 is 0 Å². The van der Waals surface area contributed by atoms with Gasteiger partial charge in [-0.25, -0.2) is 9.78 Å². The van der Waals surface area contributed by atoms with Crippen molar-refractivity contribution in [1.29, 1.82) is 0 Å². The van der Waals surface area contributed by atoms with Gasteiger partial charge >= 0.3 is 6.09 Å². The summed E-state index contributed by atoms with van der Waals surface area (Å²) in [5.74, 6) is 0.831. The molecular formula is C17H20N4O2. The van der Waals surface area contributed by atoms with Gasteiger partial charge in [0.25, 0.3) is 0 Å². The fourth-order valence-electron chi connectivity index (χ4n) is 2.59.